The molecule has 1 aromatic heterocycles. The third-order valence-corrected chi connectivity index (χ3v) is 2.05. The molecule has 5 nitrogen and oxygen atoms in total. The van der Waals surface area contributed by atoms with Gasteiger partial charge in [-0.2, -0.15) is 0 Å². The van der Waals surface area contributed by atoms with E-state index in [4.69, 9.17) is 9.84 Å². The molecule has 1 atom stereocenters. The predicted molar refractivity (Wildman–Crippen MR) is 42.5 cm³/mol. The molecule has 0 bridgehead atoms. The highest BCUT2D eigenvalue weighted by atomic mass is 16.5. The molecule has 1 unspecified atom stereocenters. The van der Waals surface area contributed by atoms with Crippen LogP contribution >= 0.6 is 0 Å². The molecule has 0 radical (unpaired) electrons. The van der Waals surface area contributed by atoms with Crippen LogP contribution in [0, 0.1) is 0 Å². The van der Waals surface area contributed by atoms with Gasteiger partial charge in [-0.05, 0) is 6.07 Å². The summed E-state index contributed by atoms with van der Waals surface area (Å²) < 4.78 is 6.83. The second kappa shape index (κ2) is 2.77. The molecule has 0 fully saturated rings. The van der Waals surface area contributed by atoms with Crippen LogP contribution in [0.1, 0.15) is 11.8 Å². The third-order valence-electron chi connectivity index (χ3n) is 2.05. The van der Waals surface area contributed by atoms with Gasteiger partial charge in [0.05, 0.1) is 12.2 Å². The van der Waals surface area contributed by atoms with Crippen molar-refractivity contribution >= 4 is 5.97 Å². The zero-order valence-electron chi connectivity index (χ0n) is 6.80. The van der Waals surface area contributed by atoms with Crippen LogP contribution < -0.4 is 4.74 Å². The molecule has 1 aliphatic rings. The highest BCUT2D eigenvalue weighted by Crippen LogP contribution is 2.26. The van der Waals surface area contributed by atoms with Crippen LogP contribution in [-0.4, -0.2) is 27.4 Å². The minimum Gasteiger partial charge on any atom is -0.479 e. The van der Waals surface area contributed by atoms with Crippen LogP contribution in [-0.2, 0) is 11.3 Å². The van der Waals surface area contributed by atoms with Crippen molar-refractivity contribution in [1.82, 2.24) is 4.57 Å². The Bertz CT molecular complexity index is 344. The number of carbonyl (C=O) groups is 1. The second-order valence-corrected chi connectivity index (χ2v) is 2.84. The summed E-state index contributed by atoms with van der Waals surface area (Å²) in [6.07, 6.45) is -1.46. The molecule has 0 saturated heterocycles. The number of hydrogen-bond acceptors (Lipinski definition) is 3. The Balaban J connectivity index is 2.36. The fourth-order valence-corrected chi connectivity index (χ4v) is 1.44. The maximum atomic E-state index is 10.5. The zero-order chi connectivity index (χ0) is 9.42. The Morgan fingerprint density at radius 2 is 2.38 bits per heavy atom. The first kappa shape index (κ1) is 8.12. The number of aromatic nitrogens is 1. The zero-order valence-corrected chi connectivity index (χ0v) is 6.80. The average Bonchev–Trinajstić information content (AvgIpc) is 2.61. The van der Waals surface area contributed by atoms with E-state index in [1.807, 2.05) is 0 Å². The molecule has 5 heteroatoms. The van der Waals surface area contributed by atoms with Crippen molar-refractivity contribution in [3.05, 3.63) is 17.8 Å². The van der Waals surface area contributed by atoms with Gasteiger partial charge in [-0.1, -0.05) is 0 Å². The van der Waals surface area contributed by atoms with Crippen LogP contribution in [0.4, 0.5) is 0 Å². The molecule has 0 amide bonds. The average molecular weight is 183 g/mol. The van der Waals surface area contributed by atoms with Crippen LogP contribution in [0.5, 0.6) is 5.88 Å². The van der Waals surface area contributed by atoms with Crippen molar-refractivity contribution in [3.63, 3.8) is 0 Å². The fourth-order valence-electron chi connectivity index (χ4n) is 1.44. The molecule has 0 aliphatic carbocycles. The van der Waals surface area contributed by atoms with E-state index in [0.29, 0.717) is 24.7 Å². The number of fused-ring (bicyclic) bond motifs is 1. The smallest absolute Gasteiger partial charge is 0.338 e. The van der Waals surface area contributed by atoms with Gasteiger partial charge in [-0.3, -0.25) is 0 Å². The molecule has 2 rings (SSSR count). The van der Waals surface area contributed by atoms with Gasteiger partial charge in [0.15, 0.2) is 12.0 Å². The maximum absolute atomic E-state index is 10.5. The standard InChI is InChI=1S/C8H9NO4/c10-7(8(11)12)5-1-2-6-9(5)3-4-13-6/h1-2,7,10H,3-4H2,(H,11,12). The molecule has 2 N–H and O–H groups in total. The predicted octanol–water partition coefficient (Wildman–Crippen LogP) is -0.00150. The van der Waals surface area contributed by atoms with E-state index < -0.39 is 12.1 Å². The van der Waals surface area contributed by atoms with Gasteiger partial charge in [0.1, 0.15) is 6.61 Å². The lowest BCUT2D eigenvalue weighted by atomic mass is 10.2. The molecule has 0 saturated carbocycles. The summed E-state index contributed by atoms with van der Waals surface area (Å²) in [5, 5.41) is 17.9. The van der Waals surface area contributed by atoms with Gasteiger partial charge in [0, 0.05) is 6.07 Å². The minimum atomic E-state index is -1.46. The van der Waals surface area contributed by atoms with Gasteiger partial charge in [-0.25, -0.2) is 4.79 Å². The number of aliphatic hydroxyl groups excluding tert-OH is 1. The SMILES string of the molecule is O=C(O)C(O)c1ccc2n1CCO2. The van der Waals surface area contributed by atoms with E-state index in [2.05, 4.69) is 0 Å². The van der Waals surface area contributed by atoms with Gasteiger partial charge >= 0.3 is 5.97 Å². The number of aliphatic hydroxyl groups is 1. The number of hydrogen-bond donors (Lipinski definition) is 2. The maximum Gasteiger partial charge on any atom is 0.338 e. The number of carboxylic acids is 1. The van der Waals surface area contributed by atoms with E-state index in [9.17, 15) is 9.90 Å². The largest absolute Gasteiger partial charge is 0.479 e. The minimum absolute atomic E-state index is 0.375. The van der Waals surface area contributed by atoms with Gasteiger partial charge in [0.2, 0.25) is 0 Å². The summed E-state index contributed by atoms with van der Waals surface area (Å²) >= 11 is 0. The molecule has 1 aliphatic heterocycles. The lowest BCUT2D eigenvalue weighted by Gasteiger charge is -2.06. The molecule has 0 aromatic carbocycles. The molecule has 13 heavy (non-hydrogen) atoms. The van der Waals surface area contributed by atoms with Crippen molar-refractivity contribution < 1.29 is 19.7 Å². The Morgan fingerprint density at radius 1 is 1.62 bits per heavy atom. The lowest BCUT2D eigenvalue weighted by molar-refractivity contribution is -0.147. The van der Waals surface area contributed by atoms with Gasteiger partial charge in [-0.15, -0.1) is 0 Å². The second-order valence-electron chi connectivity index (χ2n) is 2.84. The number of nitrogens with zero attached hydrogens (tertiary/aromatic N) is 1. The van der Waals surface area contributed by atoms with Crippen LogP contribution in [0.3, 0.4) is 0 Å². The molecule has 0 spiro atoms. The summed E-state index contributed by atoms with van der Waals surface area (Å²) in [6, 6.07) is 3.22. The van der Waals surface area contributed by atoms with Crippen molar-refractivity contribution in [2.75, 3.05) is 6.61 Å². The normalized spacial score (nSPS) is 16.4. The van der Waals surface area contributed by atoms with Crippen LogP contribution in [0.2, 0.25) is 0 Å². The Morgan fingerprint density at radius 3 is 3.08 bits per heavy atom. The summed E-state index contributed by atoms with van der Waals surface area (Å²) in [5.41, 5.74) is 0.375. The van der Waals surface area contributed by atoms with Crippen LogP contribution in [0.15, 0.2) is 12.1 Å². The van der Waals surface area contributed by atoms with E-state index >= 15 is 0 Å². The number of ether oxygens (including phenoxy) is 1. The Labute approximate surface area is 74.2 Å². The van der Waals surface area contributed by atoms with Crippen molar-refractivity contribution in [1.29, 1.82) is 0 Å². The van der Waals surface area contributed by atoms with E-state index in [1.165, 1.54) is 0 Å². The summed E-state index contributed by atoms with van der Waals surface area (Å²) in [4.78, 5) is 10.5. The quantitative estimate of drug-likeness (QED) is 0.676. The third kappa shape index (κ3) is 1.17. The summed E-state index contributed by atoms with van der Waals surface area (Å²) in [6.45, 7) is 1.14. The van der Waals surface area contributed by atoms with E-state index in [1.54, 1.807) is 16.7 Å². The summed E-state index contributed by atoms with van der Waals surface area (Å²) in [7, 11) is 0. The number of aliphatic carboxylic acids is 1. The van der Waals surface area contributed by atoms with Crippen LogP contribution in [0.25, 0.3) is 0 Å². The lowest BCUT2D eigenvalue weighted by Crippen LogP contribution is -2.14. The Kier molecular flexibility index (Phi) is 1.73. The van der Waals surface area contributed by atoms with Gasteiger partial charge in [0.25, 0.3) is 0 Å². The summed E-state index contributed by atoms with van der Waals surface area (Å²) in [5.74, 6) is -0.622. The first-order valence-corrected chi connectivity index (χ1v) is 3.93. The van der Waals surface area contributed by atoms with E-state index in [-0.39, 0.29) is 0 Å². The first-order chi connectivity index (χ1) is 6.20. The van der Waals surface area contributed by atoms with E-state index in [0.717, 1.165) is 0 Å². The van der Waals surface area contributed by atoms with Gasteiger partial charge < -0.3 is 19.5 Å². The monoisotopic (exact) mass is 183 g/mol. The highest BCUT2D eigenvalue weighted by Gasteiger charge is 2.24. The molecule has 2 heterocycles. The molecular formula is C8H9NO4. The highest BCUT2D eigenvalue weighted by molar-refractivity contribution is 5.73. The van der Waals surface area contributed by atoms with Crippen molar-refractivity contribution in [2.24, 2.45) is 0 Å². The number of carboxylic acid groups (broad SMARTS) is 1. The number of rotatable bonds is 2. The van der Waals surface area contributed by atoms with Crippen molar-refractivity contribution in [3.8, 4) is 5.88 Å². The molecule has 1 aromatic rings. The topological polar surface area (TPSA) is 71.7 Å². The Hall–Kier alpha value is -1.49. The molecule has 70 valence electrons. The first-order valence-electron chi connectivity index (χ1n) is 3.93. The fraction of sp³-hybridized carbons (Fsp3) is 0.375. The van der Waals surface area contributed by atoms with Crippen molar-refractivity contribution in [2.45, 2.75) is 12.6 Å². The molecular weight excluding hydrogens is 174 g/mol.